The third kappa shape index (κ3) is 1.65. The second-order valence-corrected chi connectivity index (χ2v) is 2.85. The summed E-state index contributed by atoms with van der Waals surface area (Å²) < 4.78 is 0. The molecular formula is C7H12N2. The highest BCUT2D eigenvalue weighted by atomic mass is 14.9. The van der Waals surface area contributed by atoms with Gasteiger partial charge in [-0.2, -0.15) is 4.79 Å². The van der Waals surface area contributed by atoms with E-state index in [9.17, 15) is 0 Å². The third-order valence-corrected chi connectivity index (χ3v) is 1.99. The Morgan fingerprint density at radius 2 is 2.00 bits per heavy atom. The van der Waals surface area contributed by atoms with E-state index in [1.807, 2.05) is 0 Å². The van der Waals surface area contributed by atoms with Crippen LogP contribution >= 0.6 is 0 Å². The first-order chi connectivity index (χ1) is 4.33. The first-order valence-corrected chi connectivity index (χ1v) is 3.52. The molecule has 9 heavy (non-hydrogen) atoms. The Morgan fingerprint density at radius 3 is 2.44 bits per heavy atom. The van der Waals surface area contributed by atoms with Gasteiger partial charge in [0, 0.05) is 12.8 Å². The molecule has 0 atom stereocenters. The van der Waals surface area contributed by atoms with Crippen molar-refractivity contribution in [2.45, 2.75) is 32.6 Å². The first kappa shape index (κ1) is 6.50. The summed E-state index contributed by atoms with van der Waals surface area (Å²) in [5.41, 5.74) is 9.34. The molecule has 0 aliphatic heterocycles. The van der Waals surface area contributed by atoms with E-state index in [-0.39, 0.29) is 0 Å². The molecule has 1 aliphatic carbocycles. The summed E-state index contributed by atoms with van der Waals surface area (Å²) in [4.78, 5) is 3.20. The van der Waals surface area contributed by atoms with Crippen LogP contribution in [-0.2, 0) is 0 Å². The Labute approximate surface area is 55.5 Å². The lowest BCUT2D eigenvalue weighted by Gasteiger charge is -2.12. The third-order valence-electron chi connectivity index (χ3n) is 1.99. The molecule has 1 rings (SSSR count). The first-order valence-electron chi connectivity index (χ1n) is 3.52. The maximum absolute atomic E-state index is 8.37. The molecule has 0 aromatic rings. The van der Waals surface area contributed by atoms with E-state index in [1.165, 1.54) is 12.8 Å². The summed E-state index contributed by atoms with van der Waals surface area (Å²) in [5, 5.41) is 0. The standard InChI is InChI=1S/C7H12N2/c1-6-2-4-7(9-8)5-3-6/h6H,2-5H2,1H3. The number of rotatable bonds is 0. The molecule has 0 amide bonds. The Bertz CT molecular complexity index is 135. The van der Waals surface area contributed by atoms with E-state index < -0.39 is 0 Å². The van der Waals surface area contributed by atoms with Crippen LogP contribution in [0.3, 0.4) is 0 Å². The fourth-order valence-corrected chi connectivity index (χ4v) is 1.20. The summed E-state index contributed by atoms with van der Waals surface area (Å²) in [6, 6.07) is 0. The summed E-state index contributed by atoms with van der Waals surface area (Å²) in [6.45, 7) is 2.24. The molecule has 50 valence electrons. The Balaban J connectivity index is 2.44. The van der Waals surface area contributed by atoms with E-state index in [4.69, 9.17) is 5.53 Å². The normalized spacial score (nSPS) is 27.7. The van der Waals surface area contributed by atoms with Crippen molar-refractivity contribution in [3.63, 3.8) is 0 Å². The molecule has 0 heterocycles. The lowest BCUT2D eigenvalue weighted by Crippen LogP contribution is -2.11. The lowest BCUT2D eigenvalue weighted by molar-refractivity contribution is -0.0141. The molecule has 1 saturated carbocycles. The van der Waals surface area contributed by atoms with Gasteiger partial charge in [0.1, 0.15) is 0 Å². The second-order valence-electron chi connectivity index (χ2n) is 2.85. The zero-order valence-electron chi connectivity index (χ0n) is 5.80. The van der Waals surface area contributed by atoms with Gasteiger partial charge in [0.25, 0.3) is 5.71 Å². The van der Waals surface area contributed by atoms with Crippen molar-refractivity contribution in [2.75, 3.05) is 0 Å². The van der Waals surface area contributed by atoms with Crippen molar-refractivity contribution in [1.29, 1.82) is 0 Å². The maximum Gasteiger partial charge on any atom is 0.268 e. The number of hydrogen-bond acceptors (Lipinski definition) is 0. The highest BCUT2D eigenvalue weighted by Gasteiger charge is 2.18. The molecule has 0 unspecified atom stereocenters. The van der Waals surface area contributed by atoms with Crippen LogP contribution in [0, 0.1) is 5.92 Å². The van der Waals surface area contributed by atoms with Gasteiger partial charge in [0.05, 0.1) is 0 Å². The van der Waals surface area contributed by atoms with Gasteiger partial charge in [-0.15, -0.1) is 0 Å². The van der Waals surface area contributed by atoms with E-state index in [0.717, 1.165) is 24.5 Å². The van der Waals surface area contributed by atoms with E-state index in [2.05, 4.69) is 11.7 Å². The second kappa shape index (κ2) is 2.79. The molecule has 0 aromatic carbocycles. The van der Waals surface area contributed by atoms with E-state index in [1.54, 1.807) is 0 Å². The molecule has 0 aromatic heterocycles. The predicted octanol–water partition coefficient (Wildman–Crippen LogP) is 1.87. The highest BCUT2D eigenvalue weighted by molar-refractivity contribution is 5.79. The molecule has 0 bridgehead atoms. The van der Waals surface area contributed by atoms with E-state index >= 15 is 0 Å². The van der Waals surface area contributed by atoms with Gasteiger partial charge in [-0.1, -0.05) is 6.92 Å². The van der Waals surface area contributed by atoms with Crippen molar-refractivity contribution in [1.82, 2.24) is 0 Å². The molecule has 0 saturated heterocycles. The summed E-state index contributed by atoms with van der Waals surface area (Å²) in [5.74, 6) is 0.829. The van der Waals surface area contributed by atoms with Crippen molar-refractivity contribution in [3.05, 3.63) is 5.53 Å². The van der Waals surface area contributed by atoms with Crippen LogP contribution in [0.4, 0.5) is 0 Å². The van der Waals surface area contributed by atoms with E-state index in [0.29, 0.717) is 0 Å². The van der Waals surface area contributed by atoms with Gasteiger partial charge in [-0.3, -0.25) is 0 Å². The topological polar surface area (TPSA) is 36.4 Å². The fraction of sp³-hybridized carbons (Fsp3) is 0.857. The monoisotopic (exact) mass is 124 g/mol. The smallest absolute Gasteiger partial charge is 0.268 e. The molecule has 0 N–H and O–H groups in total. The molecule has 1 fully saturated rings. The molecule has 1 aliphatic rings. The Hall–Kier alpha value is -0.620. The van der Waals surface area contributed by atoms with Crippen LogP contribution in [0.2, 0.25) is 0 Å². The summed E-state index contributed by atoms with van der Waals surface area (Å²) >= 11 is 0. The average Bonchev–Trinajstić information content (AvgIpc) is 1.90. The van der Waals surface area contributed by atoms with Crippen molar-refractivity contribution < 1.29 is 4.79 Å². The van der Waals surface area contributed by atoms with Gasteiger partial charge >= 0.3 is 0 Å². The van der Waals surface area contributed by atoms with Crippen molar-refractivity contribution in [3.8, 4) is 0 Å². The Kier molecular flexibility index (Phi) is 2.01. The molecule has 2 heteroatoms. The van der Waals surface area contributed by atoms with Crippen molar-refractivity contribution in [2.24, 2.45) is 5.92 Å². The zero-order valence-corrected chi connectivity index (χ0v) is 5.80. The number of nitrogens with zero attached hydrogens (tertiary/aromatic N) is 2. The Morgan fingerprint density at radius 1 is 1.44 bits per heavy atom. The summed E-state index contributed by atoms with van der Waals surface area (Å²) in [6.07, 6.45) is 4.38. The van der Waals surface area contributed by atoms with Crippen LogP contribution in [0.1, 0.15) is 32.6 Å². The zero-order chi connectivity index (χ0) is 6.69. The summed E-state index contributed by atoms with van der Waals surface area (Å²) in [7, 11) is 0. The largest absolute Gasteiger partial charge is 0.362 e. The van der Waals surface area contributed by atoms with Gasteiger partial charge in [-0.25, -0.2) is 0 Å². The quantitative estimate of drug-likeness (QED) is 0.349. The fourth-order valence-electron chi connectivity index (χ4n) is 1.20. The van der Waals surface area contributed by atoms with Crippen LogP contribution in [0.25, 0.3) is 5.53 Å². The van der Waals surface area contributed by atoms with Crippen LogP contribution in [0.5, 0.6) is 0 Å². The van der Waals surface area contributed by atoms with Gasteiger partial charge in [0.2, 0.25) is 0 Å². The van der Waals surface area contributed by atoms with Crippen LogP contribution in [-0.4, -0.2) is 10.5 Å². The number of hydrogen-bond donors (Lipinski definition) is 0. The SMILES string of the molecule is CC1CCC(=[N+]=[N-])CC1. The maximum atomic E-state index is 8.37. The van der Waals surface area contributed by atoms with Gasteiger partial charge in [-0.05, 0) is 18.8 Å². The highest BCUT2D eigenvalue weighted by Crippen LogP contribution is 2.19. The van der Waals surface area contributed by atoms with Crippen molar-refractivity contribution >= 4 is 5.71 Å². The van der Waals surface area contributed by atoms with Gasteiger partial charge in [0.15, 0.2) is 0 Å². The predicted molar refractivity (Wildman–Crippen MR) is 36.3 cm³/mol. The molecule has 0 spiro atoms. The lowest BCUT2D eigenvalue weighted by atomic mass is 9.90. The minimum atomic E-state index is 0.829. The average molecular weight is 124 g/mol. The minimum absolute atomic E-state index is 0.829. The molecular weight excluding hydrogens is 112 g/mol. The molecule has 0 radical (unpaired) electrons. The van der Waals surface area contributed by atoms with Crippen LogP contribution in [0.15, 0.2) is 0 Å². The van der Waals surface area contributed by atoms with Gasteiger partial charge < -0.3 is 5.53 Å². The molecule has 2 nitrogen and oxygen atoms in total. The van der Waals surface area contributed by atoms with Crippen LogP contribution < -0.4 is 0 Å². The minimum Gasteiger partial charge on any atom is -0.362 e.